The number of carbonyl (C=O) groups is 2. The standard InChI is InChI=1S/C27H35NO5/c1-3-15-33-25(27(30)31)17-19-9-14-24(32-2)23(16-19)18-28-26(29)22-12-10-21(11-13-22)20-7-5-4-6-8-20/h9-14,16,20,25H,3-8,15,17-18H2,1-2H3,(H,28,29)(H,30,31). The fourth-order valence-electron chi connectivity index (χ4n) is 4.41. The number of nitrogens with one attached hydrogen (secondary N) is 1. The fraction of sp³-hybridized carbons (Fsp3) is 0.481. The summed E-state index contributed by atoms with van der Waals surface area (Å²) in [7, 11) is 1.58. The number of hydrogen-bond acceptors (Lipinski definition) is 4. The van der Waals surface area contributed by atoms with Gasteiger partial charge in [-0.15, -0.1) is 0 Å². The first-order chi connectivity index (χ1) is 16.0. The van der Waals surface area contributed by atoms with Crippen LogP contribution >= 0.6 is 0 Å². The Hall–Kier alpha value is -2.86. The summed E-state index contributed by atoms with van der Waals surface area (Å²) >= 11 is 0. The molecule has 6 nitrogen and oxygen atoms in total. The number of carbonyl (C=O) groups excluding carboxylic acids is 1. The van der Waals surface area contributed by atoms with Gasteiger partial charge in [0.05, 0.1) is 7.11 Å². The number of methoxy groups -OCH3 is 1. The van der Waals surface area contributed by atoms with Crippen molar-refractivity contribution in [1.29, 1.82) is 0 Å². The van der Waals surface area contributed by atoms with Gasteiger partial charge in [0.25, 0.3) is 5.91 Å². The van der Waals surface area contributed by atoms with E-state index < -0.39 is 12.1 Å². The van der Waals surface area contributed by atoms with Gasteiger partial charge in [-0.1, -0.05) is 50.5 Å². The van der Waals surface area contributed by atoms with Crippen molar-refractivity contribution in [2.45, 2.75) is 70.4 Å². The molecule has 1 unspecified atom stereocenters. The molecule has 3 rings (SSSR count). The summed E-state index contributed by atoms with van der Waals surface area (Å²) in [6.45, 7) is 2.62. The van der Waals surface area contributed by atoms with Crippen molar-refractivity contribution in [3.63, 3.8) is 0 Å². The zero-order valence-electron chi connectivity index (χ0n) is 19.6. The average molecular weight is 454 g/mol. The minimum absolute atomic E-state index is 0.146. The molecule has 1 aliphatic carbocycles. The molecule has 6 heteroatoms. The minimum Gasteiger partial charge on any atom is -0.496 e. The van der Waals surface area contributed by atoms with Crippen LogP contribution in [0.25, 0.3) is 0 Å². The Balaban J connectivity index is 1.63. The maximum Gasteiger partial charge on any atom is 0.333 e. The largest absolute Gasteiger partial charge is 0.496 e. The fourth-order valence-corrected chi connectivity index (χ4v) is 4.41. The van der Waals surface area contributed by atoms with Gasteiger partial charge in [-0.2, -0.15) is 0 Å². The lowest BCUT2D eigenvalue weighted by Gasteiger charge is -2.22. The van der Waals surface area contributed by atoms with Gasteiger partial charge in [0, 0.05) is 30.7 Å². The van der Waals surface area contributed by atoms with Crippen molar-refractivity contribution in [2.75, 3.05) is 13.7 Å². The van der Waals surface area contributed by atoms with Crippen LogP contribution in [-0.4, -0.2) is 36.8 Å². The summed E-state index contributed by atoms with van der Waals surface area (Å²) in [6.07, 6.45) is 6.46. The Bertz CT molecular complexity index is 919. The number of hydrogen-bond donors (Lipinski definition) is 2. The average Bonchev–Trinajstić information content (AvgIpc) is 2.85. The summed E-state index contributed by atoms with van der Waals surface area (Å²) in [5.41, 5.74) is 3.56. The van der Waals surface area contributed by atoms with E-state index in [2.05, 4.69) is 17.4 Å². The van der Waals surface area contributed by atoms with Crippen molar-refractivity contribution < 1.29 is 24.2 Å². The Morgan fingerprint density at radius 3 is 2.45 bits per heavy atom. The molecule has 2 N–H and O–H groups in total. The van der Waals surface area contributed by atoms with Crippen molar-refractivity contribution >= 4 is 11.9 Å². The van der Waals surface area contributed by atoms with Crippen LogP contribution in [0.5, 0.6) is 5.75 Å². The maximum absolute atomic E-state index is 12.7. The van der Waals surface area contributed by atoms with Crippen molar-refractivity contribution in [3.8, 4) is 5.75 Å². The van der Waals surface area contributed by atoms with Crippen molar-refractivity contribution in [3.05, 3.63) is 64.7 Å². The molecule has 2 aromatic rings. The molecule has 2 aromatic carbocycles. The molecule has 0 bridgehead atoms. The summed E-state index contributed by atoms with van der Waals surface area (Å²) in [4.78, 5) is 24.2. The summed E-state index contributed by atoms with van der Waals surface area (Å²) in [6, 6.07) is 13.5. The van der Waals surface area contributed by atoms with Gasteiger partial charge in [0.15, 0.2) is 6.10 Å². The van der Waals surface area contributed by atoms with Gasteiger partial charge in [0.2, 0.25) is 0 Å². The first-order valence-corrected chi connectivity index (χ1v) is 11.9. The molecule has 0 aromatic heterocycles. The van der Waals surface area contributed by atoms with Crippen LogP contribution < -0.4 is 10.1 Å². The predicted octanol–water partition coefficient (Wildman–Crippen LogP) is 5.10. The second kappa shape index (κ2) is 12.4. The number of carboxylic acid groups (broad SMARTS) is 1. The van der Waals surface area contributed by atoms with Crippen LogP contribution in [0.2, 0.25) is 0 Å². The lowest BCUT2D eigenvalue weighted by molar-refractivity contribution is -0.150. The highest BCUT2D eigenvalue weighted by molar-refractivity contribution is 5.94. The summed E-state index contributed by atoms with van der Waals surface area (Å²) < 4.78 is 10.9. The number of carboxylic acids is 1. The molecule has 0 spiro atoms. The monoisotopic (exact) mass is 453 g/mol. The lowest BCUT2D eigenvalue weighted by atomic mass is 9.84. The molecular formula is C27H35NO5. The molecule has 1 aliphatic rings. The van der Waals surface area contributed by atoms with E-state index in [4.69, 9.17) is 9.47 Å². The molecule has 178 valence electrons. The van der Waals surface area contributed by atoms with Crippen LogP contribution in [0, 0.1) is 0 Å². The third-order valence-electron chi connectivity index (χ3n) is 6.25. The Labute approximate surface area is 196 Å². The van der Waals surface area contributed by atoms with E-state index in [1.165, 1.54) is 37.7 Å². The lowest BCUT2D eigenvalue weighted by Crippen LogP contribution is -2.27. The Morgan fingerprint density at radius 2 is 1.82 bits per heavy atom. The molecule has 33 heavy (non-hydrogen) atoms. The SMILES string of the molecule is CCCOC(Cc1ccc(OC)c(CNC(=O)c2ccc(C3CCCCC3)cc2)c1)C(=O)O. The molecule has 0 saturated heterocycles. The van der Waals surface area contributed by atoms with E-state index in [1.54, 1.807) is 13.2 Å². The van der Waals surface area contributed by atoms with Crippen molar-refractivity contribution in [1.82, 2.24) is 5.32 Å². The minimum atomic E-state index is -0.981. The number of benzene rings is 2. The smallest absolute Gasteiger partial charge is 0.333 e. The first-order valence-electron chi connectivity index (χ1n) is 11.9. The number of ether oxygens (including phenoxy) is 2. The second-order valence-corrected chi connectivity index (χ2v) is 8.69. The van der Waals surface area contributed by atoms with Gasteiger partial charge in [-0.05, 0) is 54.5 Å². The van der Waals surface area contributed by atoms with Gasteiger partial charge in [-0.25, -0.2) is 4.79 Å². The molecule has 1 amide bonds. The van der Waals surface area contributed by atoms with Crippen LogP contribution in [0.3, 0.4) is 0 Å². The molecule has 0 heterocycles. The van der Waals surface area contributed by atoms with E-state index >= 15 is 0 Å². The Kier molecular flexibility index (Phi) is 9.31. The molecule has 0 aliphatic heterocycles. The third-order valence-corrected chi connectivity index (χ3v) is 6.25. The summed E-state index contributed by atoms with van der Waals surface area (Å²) in [5, 5.41) is 12.4. The Morgan fingerprint density at radius 1 is 1.09 bits per heavy atom. The van der Waals surface area contributed by atoms with Crippen LogP contribution in [0.4, 0.5) is 0 Å². The summed E-state index contributed by atoms with van der Waals surface area (Å²) in [5.74, 6) is 0.130. The van der Waals surface area contributed by atoms with Crippen LogP contribution in [0.1, 0.15) is 78.4 Å². The van der Waals surface area contributed by atoms with Crippen LogP contribution in [0.15, 0.2) is 42.5 Å². The number of amides is 1. The molecule has 0 radical (unpaired) electrons. The first kappa shape index (κ1) is 24.8. The normalized spacial score (nSPS) is 15.1. The van der Waals surface area contributed by atoms with Gasteiger partial charge < -0.3 is 19.9 Å². The predicted molar refractivity (Wildman–Crippen MR) is 128 cm³/mol. The number of rotatable bonds is 11. The van der Waals surface area contributed by atoms with E-state index in [0.29, 0.717) is 23.8 Å². The maximum atomic E-state index is 12.7. The third kappa shape index (κ3) is 7.06. The van der Waals surface area contributed by atoms with Crippen molar-refractivity contribution in [2.24, 2.45) is 0 Å². The molecule has 1 atom stereocenters. The second-order valence-electron chi connectivity index (χ2n) is 8.69. The van der Waals surface area contributed by atoms with E-state index in [0.717, 1.165) is 17.5 Å². The molecular weight excluding hydrogens is 418 g/mol. The highest BCUT2D eigenvalue weighted by atomic mass is 16.5. The zero-order chi connectivity index (χ0) is 23.6. The van der Waals surface area contributed by atoms with E-state index in [1.807, 2.05) is 31.2 Å². The number of aliphatic carboxylic acids is 1. The highest BCUT2D eigenvalue weighted by Crippen LogP contribution is 2.32. The van der Waals surface area contributed by atoms with Gasteiger partial charge in [0.1, 0.15) is 5.75 Å². The topological polar surface area (TPSA) is 84.9 Å². The highest BCUT2D eigenvalue weighted by Gasteiger charge is 2.20. The van der Waals surface area contributed by atoms with Gasteiger partial charge in [-0.3, -0.25) is 4.79 Å². The van der Waals surface area contributed by atoms with Gasteiger partial charge >= 0.3 is 5.97 Å². The molecule has 1 fully saturated rings. The van der Waals surface area contributed by atoms with Crippen LogP contribution in [-0.2, 0) is 22.5 Å². The molecule has 1 saturated carbocycles. The quantitative estimate of drug-likeness (QED) is 0.495. The zero-order valence-corrected chi connectivity index (χ0v) is 19.6. The van der Waals surface area contributed by atoms with E-state index in [9.17, 15) is 14.7 Å². The van der Waals surface area contributed by atoms with E-state index in [-0.39, 0.29) is 18.9 Å².